The standard InChI is InChI=1S/C21H20Cl2N2O2S/c1-13-5-3-6-19(14(13)2)27-10-4-7-20(26)25-21-24-18(12-28-21)16-9-8-15(22)11-17(16)23/h3,5-6,8-9,11-12H,4,7,10H2,1-2H3,(H,24,25,26). The average Bonchev–Trinajstić information content (AvgIpc) is 3.10. The van der Waals surface area contributed by atoms with E-state index in [9.17, 15) is 4.79 Å². The Morgan fingerprint density at radius 3 is 2.82 bits per heavy atom. The van der Waals surface area contributed by atoms with Gasteiger partial charge in [-0.05, 0) is 55.7 Å². The van der Waals surface area contributed by atoms with Gasteiger partial charge in [-0.15, -0.1) is 11.3 Å². The molecule has 0 bridgehead atoms. The quantitative estimate of drug-likeness (QED) is 0.429. The summed E-state index contributed by atoms with van der Waals surface area (Å²) in [5.74, 6) is 0.775. The zero-order valence-corrected chi connectivity index (χ0v) is 17.9. The van der Waals surface area contributed by atoms with Gasteiger partial charge in [0.05, 0.1) is 17.3 Å². The molecule has 3 aromatic rings. The van der Waals surface area contributed by atoms with Crippen molar-refractivity contribution < 1.29 is 9.53 Å². The first-order valence-corrected chi connectivity index (χ1v) is 10.5. The van der Waals surface area contributed by atoms with Crippen LogP contribution in [0.25, 0.3) is 11.3 Å². The molecule has 0 aliphatic rings. The maximum Gasteiger partial charge on any atom is 0.226 e. The molecule has 0 unspecified atom stereocenters. The first-order chi connectivity index (χ1) is 13.4. The van der Waals surface area contributed by atoms with Gasteiger partial charge in [-0.1, -0.05) is 35.3 Å². The van der Waals surface area contributed by atoms with Crippen LogP contribution in [0.5, 0.6) is 5.75 Å². The first-order valence-electron chi connectivity index (χ1n) is 8.84. The lowest BCUT2D eigenvalue weighted by Crippen LogP contribution is -2.12. The number of amides is 1. The highest BCUT2D eigenvalue weighted by Gasteiger charge is 2.11. The number of anilines is 1. The van der Waals surface area contributed by atoms with Crippen molar-refractivity contribution >= 4 is 45.6 Å². The van der Waals surface area contributed by atoms with Crippen LogP contribution < -0.4 is 10.1 Å². The number of aryl methyl sites for hydroxylation is 1. The summed E-state index contributed by atoms with van der Waals surface area (Å²) >= 11 is 13.5. The van der Waals surface area contributed by atoms with Crippen molar-refractivity contribution in [1.82, 2.24) is 4.98 Å². The van der Waals surface area contributed by atoms with Crippen LogP contribution in [0.4, 0.5) is 5.13 Å². The molecular formula is C21H20Cl2N2O2S. The minimum Gasteiger partial charge on any atom is -0.493 e. The molecule has 0 aliphatic carbocycles. The second kappa shape index (κ2) is 9.41. The Morgan fingerprint density at radius 1 is 1.21 bits per heavy atom. The molecule has 0 spiro atoms. The van der Waals surface area contributed by atoms with Crippen molar-refractivity contribution in [2.45, 2.75) is 26.7 Å². The number of hydrogen-bond donors (Lipinski definition) is 1. The zero-order chi connectivity index (χ0) is 20.1. The van der Waals surface area contributed by atoms with Crippen LogP contribution in [0.15, 0.2) is 41.8 Å². The van der Waals surface area contributed by atoms with Crippen molar-refractivity contribution in [3.8, 4) is 17.0 Å². The monoisotopic (exact) mass is 434 g/mol. The minimum atomic E-state index is -0.0901. The second-order valence-electron chi connectivity index (χ2n) is 6.36. The van der Waals surface area contributed by atoms with Gasteiger partial charge in [-0.2, -0.15) is 0 Å². The van der Waals surface area contributed by atoms with Crippen LogP contribution in [-0.2, 0) is 4.79 Å². The number of ether oxygens (including phenoxy) is 1. The Hall–Kier alpha value is -2.08. The van der Waals surface area contributed by atoms with Crippen LogP contribution in [0.2, 0.25) is 10.0 Å². The first kappa shape index (κ1) is 20.6. The molecule has 7 heteroatoms. The lowest BCUT2D eigenvalue weighted by atomic mass is 10.1. The number of nitrogens with zero attached hydrogens (tertiary/aromatic N) is 1. The Balaban J connectivity index is 1.49. The molecule has 0 saturated carbocycles. The molecule has 0 fully saturated rings. The van der Waals surface area contributed by atoms with Crippen LogP contribution in [0.1, 0.15) is 24.0 Å². The van der Waals surface area contributed by atoms with E-state index >= 15 is 0 Å². The number of hydrogen-bond acceptors (Lipinski definition) is 4. The maximum atomic E-state index is 12.2. The zero-order valence-electron chi connectivity index (χ0n) is 15.6. The molecule has 1 N–H and O–H groups in total. The highest BCUT2D eigenvalue weighted by Crippen LogP contribution is 2.32. The predicted octanol–water partition coefficient (Wildman–Crippen LogP) is 6.53. The second-order valence-corrected chi connectivity index (χ2v) is 8.06. The van der Waals surface area contributed by atoms with E-state index in [-0.39, 0.29) is 5.91 Å². The van der Waals surface area contributed by atoms with Gasteiger partial charge in [0.15, 0.2) is 5.13 Å². The number of carbonyl (C=O) groups excluding carboxylic acids is 1. The summed E-state index contributed by atoms with van der Waals surface area (Å²) in [6.07, 6.45) is 0.988. The molecule has 146 valence electrons. The fourth-order valence-corrected chi connectivity index (χ4v) is 3.86. The van der Waals surface area contributed by atoms with Gasteiger partial charge in [0, 0.05) is 22.4 Å². The van der Waals surface area contributed by atoms with Crippen LogP contribution in [0, 0.1) is 13.8 Å². The van der Waals surface area contributed by atoms with Gasteiger partial charge >= 0.3 is 0 Å². The van der Waals surface area contributed by atoms with E-state index in [0.29, 0.717) is 40.3 Å². The van der Waals surface area contributed by atoms with E-state index in [4.69, 9.17) is 27.9 Å². The molecule has 4 nitrogen and oxygen atoms in total. The molecular weight excluding hydrogens is 415 g/mol. The van der Waals surface area contributed by atoms with E-state index in [0.717, 1.165) is 16.9 Å². The van der Waals surface area contributed by atoms with Gasteiger partial charge in [-0.25, -0.2) is 4.98 Å². The van der Waals surface area contributed by atoms with Crippen molar-refractivity contribution in [1.29, 1.82) is 0 Å². The Morgan fingerprint density at radius 2 is 2.04 bits per heavy atom. The van der Waals surface area contributed by atoms with E-state index in [2.05, 4.69) is 23.3 Å². The van der Waals surface area contributed by atoms with E-state index < -0.39 is 0 Å². The highest BCUT2D eigenvalue weighted by atomic mass is 35.5. The van der Waals surface area contributed by atoms with Gasteiger partial charge < -0.3 is 10.1 Å². The maximum absolute atomic E-state index is 12.2. The Kier molecular flexibility index (Phi) is 6.94. The molecule has 0 saturated heterocycles. The molecule has 1 heterocycles. The summed E-state index contributed by atoms with van der Waals surface area (Å²) in [6, 6.07) is 11.2. The number of benzene rings is 2. The van der Waals surface area contributed by atoms with Crippen molar-refractivity contribution in [2.24, 2.45) is 0 Å². The summed E-state index contributed by atoms with van der Waals surface area (Å²) in [5, 5.41) is 6.32. The summed E-state index contributed by atoms with van der Waals surface area (Å²) in [5.41, 5.74) is 3.81. The van der Waals surface area contributed by atoms with E-state index in [1.54, 1.807) is 12.1 Å². The summed E-state index contributed by atoms with van der Waals surface area (Å²) in [6.45, 7) is 4.57. The molecule has 0 atom stereocenters. The number of aromatic nitrogens is 1. The predicted molar refractivity (Wildman–Crippen MR) is 117 cm³/mol. The number of thiazole rings is 1. The molecule has 1 aromatic heterocycles. The molecule has 3 rings (SSSR count). The molecule has 0 aliphatic heterocycles. The van der Waals surface area contributed by atoms with Crippen molar-refractivity contribution in [3.63, 3.8) is 0 Å². The fourth-order valence-electron chi connectivity index (χ4n) is 2.63. The third kappa shape index (κ3) is 5.25. The Labute approximate surface area is 178 Å². The molecule has 2 aromatic carbocycles. The minimum absolute atomic E-state index is 0.0901. The lowest BCUT2D eigenvalue weighted by molar-refractivity contribution is -0.116. The van der Waals surface area contributed by atoms with Gasteiger partial charge in [0.2, 0.25) is 5.91 Å². The van der Waals surface area contributed by atoms with Gasteiger partial charge in [-0.3, -0.25) is 4.79 Å². The molecule has 1 amide bonds. The van der Waals surface area contributed by atoms with Gasteiger partial charge in [0.1, 0.15) is 5.75 Å². The van der Waals surface area contributed by atoms with Crippen molar-refractivity contribution in [3.05, 3.63) is 63.0 Å². The smallest absolute Gasteiger partial charge is 0.226 e. The third-order valence-corrected chi connectivity index (χ3v) is 5.62. The average molecular weight is 435 g/mol. The van der Waals surface area contributed by atoms with E-state index in [1.165, 1.54) is 16.9 Å². The Bertz CT molecular complexity index is 988. The number of halogens is 2. The third-order valence-electron chi connectivity index (χ3n) is 4.32. The lowest BCUT2D eigenvalue weighted by Gasteiger charge is -2.10. The number of carbonyl (C=O) groups is 1. The summed E-state index contributed by atoms with van der Waals surface area (Å²) in [7, 11) is 0. The van der Waals surface area contributed by atoms with E-state index in [1.807, 2.05) is 30.5 Å². The number of nitrogens with one attached hydrogen (secondary N) is 1. The van der Waals surface area contributed by atoms with Crippen LogP contribution in [0.3, 0.4) is 0 Å². The van der Waals surface area contributed by atoms with Crippen molar-refractivity contribution in [2.75, 3.05) is 11.9 Å². The number of rotatable bonds is 7. The molecule has 28 heavy (non-hydrogen) atoms. The summed E-state index contributed by atoms with van der Waals surface area (Å²) < 4.78 is 5.78. The van der Waals surface area contributed by atoms with Crippen LogP contribution >= 0.6 is 34.5 Å². The summed E-state index contributed by atoms with van der Waals surface area (Å²) in [4.78, 5) is 16.6. The highest BCUT2D eigenvalue weighted by molar-refractivity contribution is 7.14. The van der Waals surface area contributed by atoms with Crippen LogP contribution in [-0.4, -0.2) is 17.5 Å². The molecule has 0 radical (unpaired) electrons. The largest absolute Gasteiger partial charge is 0.493 e. The topological polar surface area (TPSA) is 51.2 Å². The van der Waals surface area contributed by atoms with Gasteiger partial charge in [0.25, 0.3) is 0 Å². The normalized spacial score (nSPS) is 10.7. The SMILES string of the molecule is Cc1cccc(OCCCC(=O)Nc2nc(-c3ccc(Cl)cc3Cl)cs2)c1C. The fraction of sp³-hybridized carbons (Fsp3) is 0.238.